The minimum atomic E-state index is -0.312. The molecule has 2 rings (SSSR count). The van der Waals surface area contributed by atoms with Crippen LogP contribution < -0.4 is 5.32 Å². The Morgan fingerprint density at radius 2 is 2.11 bits per heavy atom. The Morgan fingerprint density at radius 3 is 2.78 bits per heavy atom. The Hall–Kier alpha value is -0.160. The average molecular weight is 336 g/mol. The minimum absolute atomic E-state index is 0.102. The molecule has 1 atom stereocenters. The quantitative estimate of drug-likeness (QED) is 0.907. The van der Waals surface area contributed by atoms with Gasteiger partial charge in [0.25, 0.3) is 0 Å². The lowest BCUT2D eigenvalue weighted by Crippen LogP contribution is -2.45. The summed E-state index contributed by atoms with van der Waals surface area (Å²) >= 11 is 9.60. The second-order valence-corrected chi connectivity index (χ2v) is 5.74. The molecule has 1 heterocycles. The Bertz CT molecular complexity index is 397. The molecule has 1 fully saturated rings. The molecule has 0 amide bonds. The van der Waals surface area contributed by atoms with E-state index in [1.807, 2.05) is 18.2 Å². The summed E-state index contributed by atoms with van der Waals surface area (Å²) in [5.74, 6) is 0. The van der Waals surface area contributed by atoms with Gasteiger partial charge in [0, 0.05) is 41.7 Å². The van der Waals surface area contributed by atoms with Crippen molar-refractivity contribution in [1.82, 2.24) is 10.2 Å². The van der Waals surface area contributed by atoms with Crippen molar-refractivity contribution in [3.8, 4) is 0 Å². The fourth-order valence-electron chi connectivity index (χ4n) is 2.40. The lowest BCUT2D eigenvalue weighted by atomic mass is 10.0. The Kier molecular flexibility index (Phi) is 5.42. The highest BCUT2D eigenvalue weighted by Gasteiger charge is 2.23. The summed E-state index contributed by atoms with van der Waals surface area (Å²) in [7, 11) is 0. The maximum atomic E-state index is 12.8. The molecule has 0 unspecified atom stereocenters. The summed E-state index contributed by atoms with van der Waals surface area (Å²) in [5.41, 5.74) is 1.09. The van der Waals surface area contributed by atoms with Crippen molar-refractivity contribution in [2.45, 2.75) is 12.5 Å². The van der Waals surface area contributed by atoms with E-state index in [4.69, 9.17) is 11.6 Å². The third-order valence-electron chi connectivity index (χ3n) is 3.29. The normalized spacial score (nSPS) is 18.8. The largest absolute Gasteiger partial charge is 0.314 e. The molecule has 0 saturated carbocycles. The zero-order valence-corrected chi connectivity index (χ0v) is 12.5. The summed E-state index contributed by atoms with van der Waals surface area (Å²) in [6.45, 7) is 3.50. The molecule has 5 heteroatoms. The van der Waals surface area contributed by atoms with Gasteiger partial charge in [0.05, 0.1) is 6.67 Å². The first-order chi connectivity index (χ1) is 8.72. The van der Waals surface area contributed by atoms with Crippen molar-refractivity contribution in [1.29, 1.82) is 0 Å². The first-order valence-electron chi connectivity index (χ1n) is 6.18. The number of rotatable bonds is 4. The lowest BCUT2D eigenvalue weighted by molar-refractivity contribution is 0.157. The number of halogens is 3. The van der Waals surface area contributed by atoms with E-state index in [1.54, 1.807) is 0 Å². The van der Waals surface area contributed by atoms with Crippen LogP contribution in [-0.4, -0.2) is 37.8 Å². The van der Waals surface area contributed by atoms with E-state index in [9.17, 15) is 4.39 Å². The first kappa shape index (κ1) is 14.3. The maximum Gasteiger partial charge on any atom is 0.0912 e. The molecule has 0 bridgehead atoms. The van der Waals surface area contributed by atoms with Crippen LogP contribution >= 0.6 is 27.5 Å². The third-order valence-corrected chi connectivity index (χ3v) is 4.25. The molecular weight excluding hydrogens is 319 g/mol. The zero-order valence-electron chi connectivity index (χ0n) is 10.1. The SMILES string of the molecule is FCC[C@@H](c1cc(Cl)ccc1Br)N1CCNCC1. The number of nitrogens with zero attached hydrogens (tertiary/aromatic N) is 1. The lowest BCUT2D eigenvalue weighted by Gasteiger charge is -2.35. The van der Waals surface area contributed by atoms with Crippen molar-refractivity contribution in [2.24, 2.45) is 0 Å². The Labute approximate surface area is 121 Å². The van der Waals surface area contributed by atoms with Crippen LogP contribution in [0.3, 0.4) is 0 Å². The first-order valence-corrected chi connectivity index (χ1v) is 7.35. The number of nitrogens with one attached hydrogen (secondary N) is 1. The van der Waals surface area contributed by atoms with Crippen LogP contribution in [0.2, 0.25) is 5.02 Å². The number of hydrogen-bond acceptors (Lipinski definition) is 2. The van der Waals surface area contributed by atoms with E-state index in [2.05, 4.69) is 26.1 Å². The molecule has 18 heavy (non-hydrogen) atoms. The van der Waals surface area contributed by atoms with Gasteiger partial charge < -0.3 is 5.32 Å². The Balaban J connectivity index is 2.24. The molecule has 0 aromatic heterocycles. The standard InChI is InChI=1S/C13H17BrClFN2/c14-12-2-1-10(15)9-11(12)13(3-4-16)18-7-5-17-6-8-18/h1-2,9,13,17H,3-8H2/t13-/m0/s1. The highest BCUT2D eigenvalue weighted by atomic mass is 79.9. The van der Waals surface area contributed by atoms with Crippen molar-refractivity contribution in [3.05, 3.63) is 33.3 Å². The third kappa shape index (κ3) is 3.44. The molecule has 1 aliphatic heterocycles. The van der Waals surface area contributed by atoms with E-state index in [-0.39, 0.29) is 12.7 Å². The fourth-order valence-corrected chi connectivity index (χ4v) is 3.09. The Morgan fingerprint density at radius 1 is 1.39 bits per heavy atom. The van der Waals surface area contributed by atoms with Crippen LogP contribution in [0.15, 0.2) is 22.7 Å². The number of alkyl halides is 1. The van der Waals surface area contributed by atoms with Crippen molar-refractivity contribution in [3.63, 3.8) is 0 Å². The molecular formula is C13H17BrClFN2. The second-order valence-electron chi connectivity index (χ2n) is 4.45. The number of hydrogen-bond donors (Lipinski definition) is 1. The van der Waals surface area contributed by atoms with Gasteiger partial charge in [-0.3, -0.25) is 9.29 Å². The van der Waals surface area contributed by atoms with E-state index in [0.717, 1.165) is 36.2 Å². The topological polar surface area (TPSA) is 15.3 Å². The van der Waals surface area contributed by atoms with Gasteiger partial charge in [-0.15, -0.1) is 0 Å². The van der Waals surface area contributed by atoms with Crippen LogP contribution in [-0.2, 0) is 0 Å². The van der Waals surface area contributed by atoms with Crippen LogP contribution in [0.25, 0.3) is 0 Å². The minimum Gasteiger partial charge on any atom is -0.314 e. The van der Waals surface area contributed by atoms with E-state index >= 15 is 0 Å². The predicted octanol–water partition coefficient (Wildman–Crippen LogP) is 3.41. The molecule has 1 N–H and O–H groups in total. The molecule has 0 aliphatic carbocycles. The number of piperazine rings is 1. The summed E-state index contributed by atoms with van der Waals surface area (Å²) in [6.07, 6.45) is 0.513. The molecule has 0 spiro atoms. The molecule has 0 radical (unpaired) electrons. The van der Waals surface area contributed by atoms with Crippen molar-refractivity contribution in [2.75, 3.05) is 32.9 Å². The molecule has 100 valence electrons. The van der Waals surface area contributed by atoms with Gasteiger partial charge in [0.2, 0.25) is 0 Å². The van der Waals surface area contributed by atoms with Crippen molar-refractivity contribution < 1.29 is 4.39 Å². The van der Waals surface area contributed by atoms with Gasteiger partial charge in [-0.25, -0.2) is 0 Å². The van der Waals surface area contributed by atoms with Crippen LogP contribution in [0, 0.1) is 0 Å². The highest BCUT2D eigenvalue weighted by Crippen LogP contribution is 2.32. The molecule has 2 nitrogen and oxygen atoms in total. The monoisotopic (exact) mass is 334 g/mol. The van der Waals surface area contributed by atoms with Gasteiger partial charge in [-0.1, -0.05) is 27.5 Å². The summed E-state index contributed by atoms with van der Waals surface area (Å²) in [5, 5.41) is 4.02. The molecule has 1 saturated heterocycles. The van der Waals surface area contributed by atoms with Crippen LogP contribution in [0.5, 0.6) is 0 Å². The smallest absolute Gasteiger partial charge is 0.0912 e. The van der Waals surface area contributed by atoms with Gasteiger partial charge >= 0.3 is 0 Å². The second kappa shape index (κ2) is 6.85. The van der Waals surface area contributed by atoms with E-state index in [0.29, 0.717) is 11.4 Å². The van der Waals surface area contributed by atoms with Gasteiger partial charge in [0.15, 0.2) is 0 Å². The van der Waals surface area contributed by atoms with E-state index in [1.165, 1.54) is 0 Å². The summed E-state index contributed by atoms with van der Waals surface area (Å²) < 4.78 is 13.8. The summed E-state index contributed by atoms with van der Waals surface area (Å²) in [4.78, 5) is 2.33. The van der Waals surface area contributed by atoms with Crippen LogP contribution in [0.1, 0.15) is 18.0 Å². The predicted molar refractivity (Wildman–Crippen MR) is 76.9 cm³/mol. The highest BCUT2D eigenvalue weighted by molar-refractivity contribution is 9.10. The van der Waals surface area contributed by atoms with Gasteiger partial charge in [-0.05, 0) is 30.2 Å². The molecule has 1 aliphatic rings. The zero-order chi connectivity index (χ0) is 13.0. The maximum absolute atomic E-state index is 12.8. The fraction of sp³-hybridized carbons (Fsp3) is 0.538. The van der Waals surface area contributed by atoms with Gasteiger partial charge in [0.1, 0.15) is 0 Å². The summed E-state index contributed by atoms with van der Waals surface area (Å²) in [6, 6.07) is 5.82. The number of benzene rings is 1. The van der Waals surface area contributed by atoms with E-state index < -0.39 is 0 Å². The average Bonchev–Trinajstić information content (AvgIpc) is 2.40. The van der Waals surface area contributed by atoms with Gasteiger partial charge in [-0.2, -0.15) is 0 Å². The molecule has 1 aromatic rings. The van der Waals surface area contributed by atoms with Crippen molar-refractivity contribution >= 4 is 27.5 Å². The molecule has 1 aromatic carbocycles. The van der Waals surface area contributed by atoms with Crippen LogP contribution in [0.4, 0.5) is 4.39 Å².